The lowest BCUT2D eigenvalue weighted by Gasteiger charge is -2.19. The van der Waals surface area contributed by atoms with Gasteiger partial charge in [-0.25, -0.2) is 5.43 Å². The van der Waals surface area contributed by atoms with Gasteiger partial charge in [0.15, 0.2) is 11.5 Å². The summed E-state index contributed by atoms with van der Waals surface area (Å²) in [6.45, 7) is 2.15. The van der Waals surface area contributed by atoms with Gasteiger partial charge in [0.05, 0.1) is 14.2 Å². The Morgan fingerprint density at radius 2 is 2.00 bits per heavy atom. The van der Waals surface area contributed by atoms with Gasteiger partial charge in [-0.1, -0.05) is 13.3 Å². The molecule has 1 fully saturated rings. The fraction of sp³-hybridized carbons (Fsp3) is 0.500. The largest absolute Gasteiger partial charge is 0.493 e. The molecule has 2 rings (SSSR count). The molecule has 1 aromatic rings. The van der Waals surface area contributed by atoms with Crippen molar-refractivity contribution in [3.05, 3.63) is 23.8 Å². The summed E-state index contributed by atoms with van der Waals surface area (Å²) in [4.78, 5) is 12.1. The first-order valence-corrected chi connectivity index (χ1v) is 7.24. The second-order valence-electron chi connectivity index (χ2n) is 5.26. The summed E-state index contributed by atoms with van der Waals surface area (Å²) in [5, 5.41) is 4.28. The van der Waals surface area contributed by atoms with Crippen LogP contribution in [0.3, 0.4) is 0 Å². The Kier molecular flexibility index (Phi) is 5.20. The molecule has 1 saturated carbocycles. The predicted octanol–water partition coefficient (Wildman–Crippen LogP) is 3.00. The molecule has 0 saturated heterocycles. The minimum atomic E-state index is -0.235. The van der Waals surface area contributed by atoms with E-state index >= 15 is 0 Å². The maximum atomic E-state index is 12.1. The average molecular weight is 290 g/mol. The van der Waals surface area contributed by atoms with E-state index in [0.717, 1.165) is 25.0 Å². The number of ether oxygens (including phenoxy) is 2. The van der Waals surface area contributed by atoms with E-state index in [1.54, 1.807) is 32.4 Å². The van der Waals surface area contributed by atoms with Crippen LogP contribution in [-0.4, -0.2) is 25.8 Å². The highest BCUT2D eigenvalue weighted by Crippen LogP contribution is 2.27. The summed E-state index contributed by atoms with van der Waals surface area (Å²) in [5.74, 6) is 1.34. The zero-order valence-corrected chi connectivity index (χ0v) is 12.8. The number of methoxy groups -OCH3 is 2. The van der Waals surface area contributed by atoms with Gasteiger partial charge in [0.2, 0.25) is 0 Å². The molecule has 0 spiro atoms. The zero-order chi connectivity index (χ0) is 15.2. The van der Waals surface area contributed by atoms with Gasteiger partial charge < -0.3 is 9.47 Å². The van der Waals surface area contributed by atoms with Crippen molar-refractivity contribution < 1.29 is 14.3 Å². The molecular formula is C16H22N2O3. The van der Waals surface area contributed by atoms with Crippen LogP contribution in [0.15, 0.2) is 23.3 Å². The second-order valence-corrected chi connectivity index (χ2v) is 5.26. The van der Waals surface area contributed by atoms with E-state index in [0.29, 0.717) is 23.0 Å². The van der Waals surface area contributed by atoms with Gasteiger partial charge in [-0.2, -0.15) is 5.10 Å². The molecule has 1 atom stereocenters. The van der Waals surface area contributed by atoms with Crippen molar-refractivity contribution in [1.29, 1.82) is 0 Å². The maximum absolute atomic E-state index is 12.1. The average Bonchev–Trinajstić information content (AvgIpc) is 2.53. The summed E-state index contributed by atoms with van der Waals surface area (Å²) in [7, 11) is 3.11. The van der Waals surface area contributed by atoms with Gasteiger partial charge in [0.1, 0.15) is 0 Å². The molecule has 1 aliphatic carbocycles. The molecule has 21 heavy (non-hydrogen) atoms. The van der Waals surface area contributed by atoms with E-state index in [4.69, 9.17) is 9.47 Å². The number of hydrogen-bond acceptors (Lipinski definition) is 4. The summed E-state index contributed by atoms with van der Waals surface area (Å²) < 4.78 is 10.4. The van der Waals surface area contributed by atoms with Crippen molar-refractivity contribution in [2.24, 2.45) is 11.0 Å². The first kappa shape index (κ1) is 15.4. The normalized spacial score (nSPS) is 20.1. The lowest BCUT2D eigenvalue weighted by molar-refractivity contribution is 0.0954. The first-order valence-electron chi connectivity index (χ1n) is 7.24. The number of carbonyl (C=O) groups is 1. The molecule has 1 unspecified atom stereocenters. The molecule has 114 valence electrons. The van der Waals surface area contributed by atoms with E-state index in [9.17, 15) is 4.79 Å². The highest BCUT2D eigenvalue weighted by Gasteiger charge is 2.16. The molecule has 0 radical (unpaired) electrons. The second kappa shape index (κ2) is 7.11. The maximum Gasteiger partial charge on any atom is 0.271 e. The van der Waals surface area contributed by atoms with Crippen LogP contribution in [0.2, 0.25) is 0 Å². The summed E-state index contributed by atoms with van der Waals surface area (Å²) >= 11 is 0. The Morgan fingerprint density at radius 3 is 2.67 bits per heavy atom. The quantitative estimate of drug-likeness (QED) is 0.867. The van der Waals surface area contributed by atoms with Crippen LogP contribution in [0.5, 0.6) is 11.5 Å². The van der Waals surface area contributed by atoms with Crippen molar-refractivity contribution in [3.63, 3.8) is 0 Å². The number of rotatable bonds is 4. The van der Waals surface area contributed by atoms with Crippen LogP contribution in [0.25, 0.3) is 0 Å². The van der Waals surface area contributed by atoms with E-state index in [2.05, 4.69) is 17.5 Å². The number of benzene rings is 1. The lowest BCUT2D eigenvalue weighted by atomic mass is 9.89. The monoisotopic (exact) mass is 290 g/mol. The molecule has 1 amide bonds. The van der Waals surface area contributed by atoms with Gasteiger partial charge in [-0.05, 0) is 43.4 Å². The third-order valence-electron chi connectivity index (χ3n) is 3.84. The molecule has 0 bridgehead atoms. The Bertz CT molecular complexity index is 540. The Morgan fingerprint density at radius 1 is 1.24 bits per heavy atom. The van der Waals surface area contributed by atoms with E-state index in [1.165, 1.54) is 6.42 Å². The number of carbonyl (C=O) groups excluding carboxylic acids is 1. The van der Waals surface area contributed by atoms with E-state index in [1.807, 2.05) is 0 Å². The molecular weight excluding hydrogens is 268 g/mol. The first-order chi connectivity index (χ1) is 10.2. The van der Waals surface area contributed by atoms with E-state index in [-0.39, 0.29) is 5.91 Å². The minimum absolute atomic E-state index is 0.235. The standard InChI is InChI=1S/C16H22N2O3/c1-11-6-4-5-7-13(11)17-18-16(19)12-8-9-14(20-2)15(10-12)21-3/h8-11H,4-7H2,1-3H3,(H,18,19)/b17-13-. The smallest absolute Gasteiger partial charge is 0.271 e. The van der Waals surface area contributed by atoms with Crippen molar-refractivity contribution in [2.75, 3.05) is 14.2 Å². The Balaban J connectivity index is 2.08. The van der Waals surface area contributed by atoms with Crippen LogP contribution >= 0.6 is 0 Å². The highest BCUT2D eigenvalue weighted by atomic mass is 16.5. The van der Waals surface area contributed by atoms with Crippen LogP contribution in [0, 0.1) is 5.92 Å². The van der Waals surface area contributed by atoms with Gasteiger partial charge in [-0.15, -0.1) is 0 Å². The third kappa shape index (κ3) is 3.74. The lowest BCUT2D eigenvalue weighted by Crippen LogP contribution is -2.24. The van der Waals surface area contributed by atoms with Crippen molar-refractivity contribution in [1.82, 2.24) is 5.43 Å². The van der Waals surface area contributed by atoms with Crippen LogP contribution < -0.4 is 14.9 Å². The van der Waals surface area contributed by atoms with Crippen LogP contribution in [0.4, 0.5) is 0 Å². The van der Waals surface area contributed by atoms with Crippen LogP contribution in [0.1, 0.15) is 43.0 Å². The summed E-state index contributed by atoms with van der Waals surface area (Å²) in [6, 6.07) is 5.06. The minimum Gasteiger partial charge on any atom is -0.493 e. The predicted molar refractivity (Wildman–Crippen MR) is 82.1 cm³/mol. The molecule has 0 aromatic heterocycles. The molecule has 0 aliphatic heterocycles. The molecule has 1 aromatic carbocycles. The molecule has 1 aliphatic rings. The molecule has 1 N–H and O–H groups in total. The van der Waals surface area contributed by atoms with Crippen LogP contribution in [-0.2, 0) is 0 Å². The molecule has 0 heterocycles. The summed E-state index contributed by atoms with van der Waals surface area (Å²) in [5.41, 5.74) is 4.22. The van der Waals surface area contributed by atoms with Crippen molar-refractivity contribution in [2.45, 2.75) is 32.6 Å². The number of nitrogens with one attached hydrogen (secondary N) is 1. The summed E-state index contributed by atoms with van der Waals surface area (Å²) in [6.07, 6.45) is 4.50. The SMILES string of the molecule is COc1ccc(C(=O)N/N=C2/CCCCC2C)cc1OC. The fourth-order valence-corrected chi connectivity index (χ4v) is 2.50. The van der Waals surface area contributed by atoms with Crippen molar-refractivity contribution >= 4 is 11.6 Å². The van der Waals surface area contributed by atoms with Crippen molar-refractivity contribution in [3.8, 4) is 11.5 Å². The third-order valence-corrected chi connectivity index (χ3v) is 3.84. The Hall–Kier alpha value is -2.04. The number of nitrogens with zero attached hydrogens (tertiary/aromatic N) is 1. The van der Waals surface area contributed by atoms with Gasteiger partial charge in [0, 0.05) is 11.3 Å². The Labute approximate surface area is 125 Å². The van der Waals surface area contributed by atoms with E-state index < -0.39 is 0 Å². The fourth-order valence-electron chi connectivity index (χ4n) is 2.50. The highest BCUT2D eigenvalue weighted by molar-refractivity contribution is 5.96. The van der Waals surface area contributed by atoms with Gasteiger partial charge >= 0.3 is 0 Å². The molecule has 5 heteroatoms. The van der Waals surface area contributed by atoms with Gasteiger partial charge in [-0.3, -0.25) is 4.79 Å². The molecule has 5 nitrogen and oxygen atoms in total. The number of amides is 1. The van der Waals surface area contributed by atoms with Gasteiger partial charge in [0.25, 0.3) is 5.91 Å². The number of hydrogen-bond donors (Lipinski definition) is 1. The zero-order valence-electron chi connectivity index (χ0n) is 12.8. The topological polar surface area (TPSA) is 59.9 Å². The number of hydrazone groups is 1.